The average Bonchev–Trinajstić information content (AvgIpc) is 2.76. The molecule has 0 spiro atoms. The molecule has 162 valence electrons. The lowest BCUT2D eigenvalue weighted by atomic mass is 10.0. The number of thioether (sulfide) groups is 1. The Morgan fingerprint density at radius 1 is 0.781 bits per heavy atom. The Labute approximate surface area is 192 Å². The summed E-state index contributed by atoms with van der Waals surface area (Å²) in [4.78, 5) is 0.582. The van der Waals surface area contributed by atoms with Crippen LogP contribution in [0.2, 0.25) is 0 Å². The monoisotopic (exact) mass is 448 g/mol. The summed E-state index contributed by atoms with van der Waals surface area (Å²) in [5.41, 5.74) is 3.31. The number of benzene rings is 3. The first-order valence-electron chi connectivity index (χ1n) is 10.4. The Morgan fingerprint density at radius 2 is 1.44 bits per heavy atom. The molecule has 0 radical (unpaired) electrons. The smallest absolute Gasteiger partial charge is 0.142 e. The van der Waals surface area contributed by atoms with Crippen molar-refractivity contribution in [1.82, 2.24) is 0 Å². The molecule has 0 aliphatic heterocycles. The second kappa shape index (κ2) is 11.0. The first-order chi connectivity index (χ1) is 15.4. The fraction of sp³-hybridized carbons (Fsp3) is 0.214. The minimum atomic E-state index is -0.637. The molecule has 0 aliphatic rings. The summed E-state index contributed by atoms with van der Waals surface area (Å²) in [7, 11) is 0. The highest BCUT2D eigenvalue weighted by molar-refractivity contribution is 7.98. The molecule has 0 atom stereocenters. The molecule has 0 heterocycles. The highest BCUT2D eigenvalue weighted by Gasteiger charge is 2.09. The number of hydrogen-bond acceptors (Lipinski definition) is 1. The van der Waals surface area contributed by atoms with E-state index in [1.54, 1.807) is 24.3 Å². The van der Waals surface area contributed by atoms with Gasteiger partial charge in [-0.3, -0.25) is 0 Å². The molecular weight excluding hydrogens is 425 g/mol. The van der Waals surface area contributed by atoms with Gasteiger partial charge in [0.15, 0.2) is 0 Å². The molecule has 0 amide bonds. The minimum Gasteiger partial charge on any atom is -0.206 e. The van der Waals surface area contributed by atoms with Crippen molar-refractivity contribution >= 4 is 11.8 Å². The number of aryl methyl sites for hydroxylation is 2. The van der Waals surface area contributed by atoms with E-state index in [-0.39, 0.29) is 11.4 Å². The summed E-state index contributed by atoms with van der Waals surface area (Å²) in [6.45, 7) is 3.92. The van der Waals surface area contributed by atoms with E-state index < -0.39 is 11.6 Å². The summed E-state index contributed by atoms with van der Waals surface area (Å²) in [6.07, 6.45) is 4.32. The van der Waals surface area contributed by atoms with E-state index >= 15 is 0 Å². The molecule has 0 aromatic heterocycles. The van der Waals surface area contributed by atoms with Crippen LogP contribution in [0.25, 0.3) is 0 Å². The SMILES string of the molecule is CCCCc1cc(F)c(C#Cc2ccc(C#Cc3ccc(SC)c(F)c3)c(C)c2)c(F)c1. The van der Waals surface area contributed by atoms with Gasteiger partial charge < -0.3 is 0 Å². The van der Waals surface area contributed by atoms with Crippen LogP contribution in [-0.4, -0.2) is 6.26 Å². The summed E-state index contributed by atoms with van der Waals surface area (Å²) in [5, 5.41) is 0. The molecule has 0 unspecified atom stereocenters. The molecule has 0 saturated carbocycles. The van der Waals surface area contributed by atoms with Crippen molar-refractivity contribution in [2.24, 2.45) is 0 Å². The lowest BCUT2D eigenvalue weighted by Gasteiger charge is -2.03. The zero-order chi connectivity index (χ0) is 23.1. The Morgan fingerprint density at radius 3 is 2.06 bits per heavy atom. The van der Waals surface area contributed by atoms with E-state index in [1.165, 1.54) is 30.0 Å². The van der Waals surface area contributed by atoms with Crippen molar-refractivity contribution in [3.63, 3.8) is 0 Å². The predicted molar refractivity (Wildman–Crippen MR) is 126 cm³/mol. The summed E-state index contributed by atoms with van der Waals surface area (Å²) in [5.74, 6) is 9.92. The Bertz CT molecular complexity index is 1230. The quantitative estimate of drug-likeness (QED) is 0.299. The highest BCUT2D eigenvalue weighted by atomic mass is 32.2. The zero-order valence-electron chi connectivity index (χ0n) is 18.3. The molecule has 3 aromatic carbocycles. The van der Waals surface area contributed by atoms with Crippen LogP contribution >= 0.6 is 11.8 Å². The van der Waals surface area contributed by atoms with E-state index in [4.69, 9.17) is 0 Å². The molecule has 32 heavy (non-hydrogen) atoms. The molecule has 4 heteroatoms. The standard InChI is InChI=1S/C28H23F3S/c1-4-5-6-22-17-25(29)24(26(30)18-22)13-9-20-7-11-23(19(2)15-20)12-8-21-10-14-28(32-3)27(31)16-21/h7,10-11,14-18H,4-6H2,1-3H3. The predicted octanol–water partition coefficient (Wildman–Crippen LogP) is 7.28. The van der Waals surface area contributed by atoms with E-state index in [0.717, 1.165) is 24.0 Å². The number of hydrogen-bond donors (Lipinski definition) is 0. The fourth-order valence-corrected chi connectivity index (χ4v) is 3.63. The van der Waals surface area contributed by atoms with Crippen LogP contribution in [0.5, 0.6) is 0 Å². The van der Waals surface area contributed by atoms with Crippen LogP contribution < -0.4 is 0 Å². The number of halogens is 3. The zero-order valence-corrected chi connectivity index (χ0v) is 19.1. The van der Waals surface area contributed by atoms with Gasteiger partial charge in [0.05, 0.1) is 5.56 Å². The minimum absolute atomic E-state index is 0.220. The Hall–Kier alpha value is -3.08. The molecule has 3 rings (SSSR count). The molecular formula is C28H23F3S. The molecule has 0 fully saturated rings. The Balaban J connectivity index is 1.81. The van der Waals surface area contributed by atoms with Gasteiger partial charge in [0.2, 0.25) is 0 Å². The maximum atomic E-state index is 14.3. The molecule has 0 aliphatic carbocycles. The van der Waals surface area contributed by atoms with Gasteiger partial charge in [0.1, 0.15) is 17.5 Å². The normalized spacial score (nSPS) is 10.2. The van der Waals surface area contributed by atoms with Crippen molar-refractivity contribution in [2.45, 2.75) is 38.0 Å². The third-order valence-corrected chi connectivity index (χ3v) is 5.74. The van der Waals surface area contributed by atoms with Gasteiger partial charge in [-0.05, 0) is 85.7 Å². The van der Waals surface area contributed by atoms with Crippen molar-refractivity contribution in [1.29, 1.82) is 0 Å². The lowest BCUT2D eigenvalue weighted by molar-refractivity contribution is 0.572. The van der Waals surface area contributed by atoms with E-state index in [0.29, 0.717) is 28.0 Å². The van der Waals surface area contributed by atoms with Gasteiger partial charge in [0, 0.05) is 21.6 Å². The lowest BCUT2D eigenvalue weighted by Crippen LogP contribution is -1.95. The molecule has 0 N–H and O–H groups in total. The first kappa shape index (κ1) is 23.6. The van der Waals surface area contributed by atoms with E-state index in [9.17, 15) is 13.2 Å². The third kappa shape index (κ3) is 6.00. The number of unbranched alkanes of at least 4 members (excludes halogenated alkanes) is 1. The largest absolute Gasteiger partial charge is 0.206 e. The van der Waals surface area contributed by atoms with Gasteiger partial charge in [-0.15, -0.1) is 11.8 Å². The van der Waals surface area contributed by atoms with Crippen molar-refractivity contribution in [3.05, 3.63) is 99.4 Å². The van der Waals surface area contributed by atoms with Crippen LogP contribution in [0.1, 0.15) is 53.1 Å². The molecule has 0 nitrogen and oxygen atoms in total. The third-order valence-electron chi connectivity index (χ3n) is 4.97. The number of rotatable bonds is 4. The average molecular weight is 449 g/mol. The maximum Gasteiger partial charge on any atom is 0.142 e. The topological polar surface area (TPSA) is 0 Å². The molecule has 3 aromatic rings. The highest BCUT2D eigenvalue weighted by Crippen LogP contribution is 2.20. The van der Waals surface area contributed by atoms with Gasteiger partial charge in [-0.25, -0.2) is 13.2 Å². The Kier molecular flexibility index (Phi) is 8.09. The second-order valence-electron chi connectivity index (χ2n) is 7.42. The fourth-order valence-electron chi connectivity index (χ4n) is 3.17. The summed E-state index contributed by atoms with van der Waals surface area (Å²) in [6, 6.07) is 13.0. The second-order valence-corrected chi connectivity index (χ2v) is 8.27. The van der Waals surface area contributed by atoms with Crippen LogP contribution in [0.3, 0.4) is 0 Å². The van der Waals surface area contributed by atoms with Crippen LogP contribution in [0.15, 0.2) is 53.4 Å². The van der Waals surface area contributed by atoms with Gasteiger partial charge in [-0.2, -0.15) is 0 Å². The van der Waals surface area contributed by atoms with Gasteiger partial charge >= 0.3 is 0 Å². The van der Waals surface area contributed by atoms with Crippen LogP contribution in [0, 0.1) is 48.1 Å². The van der Waals surface area contributed by atoms with Gasteiger partial charge in [-0.1, -0.05) is 37.0 Å². The van der Waals surface area contributed by atoms with Crippen LogP contribution in [-0.2, 0) is 6.42 Å². The van der Waals surface area contributed by atoms with E-state index in [1.807, 2.05) is 26.2 Å². The van der Waals surface area contributed by atoms with Crippen molar-refractivity contribution < 1.29 is 13.2 Å². The van der Waals surface area contributed by atoms with Gasteiger partial charge in [0.25, 0.3) is 0 Å². The van der Waals surface area contributed by atoms with E-state index in [2.05, 4.69) is 23.7 Å². The van der Waals surface area contributed by atoms with Crippen molar-refractivity contribution in [2.75, 3.05) is 6.26 Å². The maximum absolute atomic E-state index is 14.3. The first-order valence-corrected chi connectivity index (χ1v) is 11.6. The molecule has 0 bridgehead atoms. The van der Waals surface area contributed by atoms with Crippen molar-refractivity contribution in [3.8, 4) is 23.7 Å². The molecule has 0 saturated heterocycles. The van der Waals surface area contributed by atoms with Crippen LogP contribution in [0.4, 0.5) is 13.2 Å². The summed E-state index contributed by atoms with van der Waals surface area (Å²) >= 11 is 1.35. The summed E-state index contributed by atoms with van der Waals surface area (Å²) < 4.78 is 42.6.